The number of carboxylic acids is 1. The lowest BCUT2D eigenvalue weighted by atomic mass is 10.1. The molecule has 0 aliphatic carbocycles. The Balaban J connectivity index is 1.74. The molecular formula is C18H21NO3. The normalized spacial score (nSPS) is 10.4. The van der Waals surface area contributed by atoms with E-state index in [1.165, 1.54) is 0 Å². The van der Waals surface area contributed by atoms with Gasteiger partial charge >= 0.3 is 5.97 Å². The maximum absolute atomic E-state index is 10.4. The summed E-state index contributed by atoms with van der Waals surface area (Å²) in [6.45, 7) is 0.609. The maximum Gasteiger partial charge on any atom is 0.303 e. The Morgan fingerprint density at radius 3 is 2.50 bits per heavy atom. The van der Waals surface area contributed by atoms with Gasteiger partial charge in [-0.3, -0.25) is 4.79 Å². The fourth-order valence-corrected chi connectivity index (χ4v) is 2.17. The van der Waals surface area contributed by atoms with Crippen LogP contribution in [0.2, 0.25) is 0 Å². The van der Waals surface area contributed by atoms with Crippen molar-refractivity contribution in [2.45, 2.75) is 32.1 Å². The number of carboxylic acid groups (broad SMARTS) is 1. The Labute approximate surface area is 130 Å². The third kappa shape index (κ3) is 5.56. The molecule has 0 fully saturated rings. The fraction of sp³-hybridized carbons (Fsp3) is 0.333. The zero-order valence-electron chi connectivity index (χ0n) is 12.6. The highest BCUT2D eigenvalue weighted by Gasteiger charge is 2.01. The van der Waals surface area contributed by atoms with Gasteiger partial charge in [-0.15, -0.1) is 0 Å². The molecule has 2 aromatic rings. The number of aliphatic carboxylic acids is 1. The molecule has 0 saturated heterocycles. The van der Waals surface area contributed by atoms with E-state index in [0.29, 0.717) is 12.5 Å². The third-order valence-corrected chi connectivity index (χ3v) is 3.33. The second-order valence-electron chi connectivity index (χ2n) is 5.13. The molecule has 0 radical (unpaired) electrons. The smallest absolute Gasteiger partial charge is 0.303 e. The van der Waals surface area contributed by atoms with Gasteiger partial charge in [0, 0.05) is 18.1 Å². The van der Waals surface area contributed by atoms with Gasteiger partial charge in [-0.1, -0.05) is 49.2 Å². The summed E-state index contributed by atoms with van der Waals surface area (Å²) in [7, 11) is 0. The number of nitrogens with zero attached hydrogens (tertiary/aromatic N) is 1. The summed E-state index contributed by atoms with van der Waals surface area (Å²) in [6.07, 6.45) is 3.80. The number of hydrogen-bond acceptors (Lipinski definition) is 3. The van der Waals surface area contributed by atoms with Crippen LogP contribution in [-0.4, -0.2) is 22.7 Å². The Morgan fingerprint density at radius 1 is 0.955 bits per heavy atom. The minimum atomic E-state index is -0.724. The van der Waals surface area contributed by atoms with Crippen LogP contribution < -0.4 is 4.74 Å². The van der Waals surface area contributed by atoms with E-state index in [4.69, 9.17) is 9.84 Å². The first-order valence-corrected chi connectivity index (χ1v) is 7.63. The van der Waals surface area contributed by atoms with E-state index >= 15 is 0 Å². The zero-order chi connectivity index (χ0) is 15.6. The van der Waals surface area contributed by atoms with Crippen molar-refractivity contribution in [1.29, 1.82) is 0 Å². The van der Waals surface area contributed by atoms with E-state index in [1.54, 1.807) is 0 Å². The van der Waals surface area contributed by atoms with Crippen LogP contribution in [0.15, 0.2) is 48.5 Å². The van der Waals surface area contributed by atoms with Crippen LogP contribution in [0.3, 0.4) is 0 Å². The zero-order valence-corrected chi connectivity index (χ0v) is 12.6. The molecule has 2 rings (SSSR count). The lowest BCUT2D eigenvalue weighted by Crippen LogP contribution is -2.00. The van der Waals surface area contributed by atoms with E-state index in [9.17, 15) is 4.79 Å². The molecule has 0 unspecified atom stereocenters. The third-order valence-electron chi connectivity index (χ3n) is 3.33. The molecule has 0 atom stereocenters. The van der Waals surface area contributed by atoms with Gasteiger partial charge in [-0.2, -0.15) is 0 Å². The molecule has 1 heterocycles. The summed E-state index contributed by atoms with van der Waals surface area (Å²) < 4.78 is 5.67. The molecule has 4 heteroatoms. The Kier molecular flexibility index (Phi) is 6.42. The van der Waals surface area contributed by atoms with Crippen LogP contribution in [0.25, 0.3) is 11.3 Å². The molecule has 116 valence electrons. The van der Waals surface area contributed by atoms with Gasteiger partial charge in [0.1, 0.15) is 0 Å². The number of hydrogen-bond donors (Lipinski definition) is 1. The monoisotopic (exact) mass is 299 g/mol. The molecule has 1 aromatic carbocycles. The van der Waals surface area contributed by atoms with Crippen LogP contribution in [0.5, 0.6) is 5.88 Å². The molecule has 1 N–H and O–H groups in total. The van der Waals surface area contributed by atoms with E-state index in [2.05, 4.69) is 4.98 Å². The van der Waals surface area contributed by atoms with Crippen molar-refractivity contribution in [1.82, 2.24) is 4.98 Å². The second-order valence-corrected chi connectivity index (χ2v) is 5.13. The van der Waals surface area contributed by atoms with Crippen LogP contribution in [0.4, 0.5) is 0 Å². The van der Waals surface area contributed by atoms with Crippen molar-refractivity contribution >= 4 is 5.97 Å². The number of unbranched alkanes of at least 4 members (excludes halogenated alkanes) is 3. The van der Waals surface area contributed by atoms with E-state index in [-0.39, 0.29) is 6.42 Å². The van der Waals surface area contributed by atoms with Gasteiger partial charge in [0.05, 0.1) is 12.3 Å². The van der Waals surface area contributed by atoms with Gasteiger partial charge in [-0.05, 0) is 18.9 Å². The Morgan fingerprint density at radius 2 is 1.73 bits per heavy atom. The first-order chi connectivity index (χ1) is 10.8. The number of benzene rings is 1. The van der Waals surface area contributed by atoms with Crippen molar-refractivity contribution in [2.24, 2.45) is 0 Å². The standard InChI is InChI=1S/C18H21NO3/c20-18(21)13-6-1-2-7-14-22-17-12-8-11-16(19-17)15-9-4-3-5-10-15/h3-5,8-12H,1-2,6-7,13-14H2,(H,20,21). The maximum atomic E-state index is 10.4. The first kappa shape index (κ1) is 16.0. The first-order valence-electron chi connectivity index (χ1n) is 7.63. The second kappa shape index (κ2) is 8.82. The van der Waals surface area contributed by atoms with Crippen molar-refractivity contribution in [3.05, 3.63) is 48.5 Å². The Hall–Kier alpha value is -2.36. The minimum absolute atomic E-state index is 0.252. The van der Waals surface area contributed by atoms with Gasteiger partial charge in [0.2, 0.25) is 5.88 Å². The molecule has 22 heavy (non-hydrogen) atoms. The van der Waals surface area contributed by atoms with Gasteiger partial charge < -0.3 is 9.84 Å². The van der Waals surface area contributed by atoms with Crippen molar-refractivity contribution in [3.8, 4) is 17.1 Å². The topological polar surface area (TPSA) is 59.4 Å². The number of carbonyl (C=O) groups is 1. The molecule has 4 nitrogen and oxygen atoms in total. The fourth-order valence-electron chi connectivity index (χ4n) is 2.17. The number of pyridine rings is 1. The summed E-state index contributed by atoms with van der Waals surface area (Å²) in [5, 5.41) is 8.55. The van der Waals surface area contributed by atoms with Gasteiger partial charge in [0.25, 0.3) is 0 Å². The average Bonchev–Trinajstić information content (AvgIpc) is 2.55. The Bertz CT molecular complexity index is 584. The molecule has 0 amide bonds. The van der Waals surface area contributed by atoms with E-state index in [0.717, 1.165) is 36.9 Å². The summed E-state index contributed by atoms with van der Waals surface area (Å²) in [6, 6.07) is 15.8. The minimum Gasteiger partial charge on any atom is -0.481 e. The molecular weight excluding hydrogens is 278 g/mol. The summed E-state index contributed by atoms with van der Waals surface area (Å²) in [5.41, 5.74) is 1.97. The number of rotatable bonds is 9. The largest absolute Gasteiger partial charge is 0.481 e. The van der Waals surface area contributed by atoms with Crippen LogP contribution in [0, 0.1) is 0 Å². The molecule has 0 aliphatic heterocycles. The predicted molar refractivity (Wildman–Crippen MR) is 85.9 cm³/mol. The summed E-state index contributed by atoms with van der Waals surface area (Å²) in [4.78, 5) is 14.9. The SMILES string of the molecule is O=C(O)CCCCCCOc1cccc(-c2ccccc2)n1. The molecule has 0 bridgehead atoms. The lowest BCUT2D eigenvalue weighted by Gasteiger charge is -2.07. The summed E-state index contributed by atoms with van der Waals surface area (Å²) >= 11 is 0. The number of aromatic nitrogens is 1. The number of ether oxygens (including phenoxy) is 1. The van der Waals surface area contributed by atoms with Crippen LogP contribution in [-0.2, 0) is 4.79 Å². The van der Waals surface area contributed by atoms with Gasteiger partial charge in [-0.25, -0.2) is 4.98 Å². The highest BCUT2D eigenvalue weighted by atomic mass is 16.5. The molecule has 0 saturated carbocycles. The predicted octanol–water partition coefficient (Wildman–Crippen LogP) is 4.16. The van der Waals surface area contributed by atoms with Crippen LogP contribution in [0.1, 0.15) is 32.1 Å². The average molecular weight is 299 g/mol. The highest BCUT2D eigenvalue weighted by molar-refractivity contribution is 5.66. The van der Waals surface area contributed by atoms with E-state index in [1.807, 2.05) is 48.5 Å². The van der Waals surface area contributed by atoms with Crippen molar-refractivity contribution in [3.63, 3.8) is 0 Å². The highest BCUT2D eigenvalue weighted by Crippen LogP contribution is 2.19. The van der Waals surface area contributed by atoms with E-state index < -0.39 is 5.97 Å². The summed E-state index contributed by atoms with van der Waals surface area (Å²) in [5.74, 6) is -0.0925. The lowest BCUT2D eigenvalue weighted by molar-refractivity contribution is -0.137. The van der Waals surface area contributed by atoms with Gasteiger partial charge in [0.15, 0.2) is 0 Å². The quantitative estimate of drug-likeness (QED) is 0.706. The van der Waals surface area contributed by atoms with Crippen LogP contribution >= 0.6 is 0 Å². The van der Waals surface area contributed by atoms with Crippen molar-refractivity contribution < 1.29 is 14.6 Å². The van der Waals surface area contributed by atoms with Crippen molar-refractivity contribution in [2.75, 3.05) is 6.61 Å². The molecule has 0 aliphatic rings. The molecule has 0 spiro atoms. The molecule has 1 aromatic heterocycles.